The van der Waals surface area contributed by atoms with E-state index >= 15 is 0 Å². The van der Waals surface area contributed by atoms with Gasteiger partial charge in [-0.15, -0.1) is 0 Å². The van der Waals surface area contributed by atoms with Gasteiger partial charge in [0.1, 0.15) is 4.47 Å². The van der Waals surface area contributed by atoms with E-state index in [0.29, 0.717) is 29.0 Å². The van der Waals surface area contributed by atoms with E-state index < -0.39 is 6.10 Å². The van der Waals surface area contributed by atoms with Crippen molar-refractivity contribution in [1.82, 2.24) is 9.78 Å². The van der Waals surface area contributed by atoms with E-state index in [0.717, 1.165) is 0 Å². The van der Waals surface area contributed by atoms with Gasteiger partial charge >= 0.3 is 0 Å². The Morgan fingerprint density at radius 1 is 1.53 bits per heavy atom. The minimum Gasteiger partial charge on any atom is -0.394 e. The van der Waals surface area contributed by atoms with Crippen LogP contribution in [0.15, 0.2) is 15.5 Å². The Bertz CT molecular complexity index is 462. The van der Waals surface area contributed by atoms with Crippen LogP contribution in [0.2, 0.25) is 0 Å². The van der Waals surface area contributed by atoms with Crippen LogP contribution in [0.1, 0.15) is 20.3 Å². The molecule has 1 aromatic rings. The van der Waals surface area contributed by atoms with Crippen molar-refractivity contribution >= 4 is 21.6 Å². The molecule has 19 heavy (non-hydrogen) atoms. The molecule has 0 fully saturated rings. The third kappa shape index (κ3) is 4.93. The Labute approximate surface area is 120 Å². The second-order valence-electron chi connectivity index (χ2n) is 4.79. The van der Waals surface area contributed by atoms with E-state index in [4.69, 9.17) is 5.11 Å². The summed E-state index contributed by atoms with van der Waals surface area (Å²) in [4.78, 5) is 11.8. The molecule has 1 atom stereocenters. The van der Waals surface area contributed by atoms with Crippen molar-refractivity contribution in [2.24, 2.45) is 5.92 Å². The van der Waals surface area contributed by atoms with Crippen molar-refractivity contribution in [3.05, 3.63) is 21.0 Å². The number of hydrogen-bond donors (Lipinski definition) is 3. The van der Waals surface area contributed by atoms with Crippen LogP contribution >= 0.6 is 15.9 Å². The zero-order valence-electron chi connectivity index (χ0n) is 11.1. The molecule has 0 aliphatic heterocycles. The van der Waals surface area contributed by atoms with Crippen LogP contribution in [0.5, 0.6) is 0 Å². The monoisotopic (exact) mass is 333 g/mol. The van der Waals surface area contributed by atoms with Gasteiger partial charge in [0.15, 0.2) is 0 Å². The molecule has 1 heterocycles. The fraction of sp³-hybridized carbons (Fsp3) is 0.667. The quantitative estimate of drug-likeness (QED) is 0.687. The maximum absolute atomic E-state index is 11.8. The van der Waals surface area contributed by atoms with Crippen LogP contribution in [-0.4, -0.2) is 39.2 Å². The van der Waals surface area contributed by atoms with Crippen molar-refractivity contribution in [2.75, 3.05) is 18.5 Å². The third-order valence-corrected chi connectivity index (χ3v) is 3.33. The van der Waals surface area contributed by atoms with Crippen molar-refractivity contribution < 1.29 is 10.2 Å². The number of nitrogens with one attached hydrogen (secondary N) is 1. The number of anilines is 1. The van der Waals surface area contributed by atoms with E-state index in [1.54, 1.807) is 0 Å². The molecule has 0 radical (unpaired) electrons. The first-order valence-corrected chi connectivity index (χ1v) is 7.03. The normalized spacial score (nSPS) is 12.7. The molecular weight excluding hydrogens is 314 g/mol. The van der Waals surface area contributed by atoms with E-state index in [1.165, 1.54) is 10.9 Å². The summed E-state index contributed by atoms with van der Waals surface area (Å²) in [5.41, 5.74) is 0.236. The summed E-state index contributed by atoms with van der Waals surface area (Å²) in [6, 6.07) is 0. The largest absolute Gasteiger partial charge is 0.394 e. The van der Waals surface area contributed by atoms with Gasteiger partial charge in [0.05, 0.1) is 31.1 Å². The highest BCUT2D eigenvalue weighted by Crippen LogP contribution is 2.16. The fourth-order valence-corrected chi connectivity index (χ4v) is 2.14. The van der Waals surface area contributed by atoms with E-state index in [1.807, 2.05) is 13.8 Å². The van der Waals surface area contributed by atoms with Crippen molar-refractivity contribution in [3.8, 4) is 0 Å². The number of halogens is 1. The molecule has 108 valence electrons. The minimum atomic E-state index is -0.466. The fourth-order valence-electron chi connectivity index (χ4n) is 1.70. The first-order valence-electron chi connectivity index (χ1n) is 6.24. The SMILES string of the molecule is CC(C)CC(O)CNc1cnn(CCO)c(=O)c1Br. The van der Waals surface area contributed by atoms with E-state index in [2.05, 4.69) is 26.3 Å². The molecule has 0 bridgehead atoms. The van der Waals surface area contributed by atoms with E-state index in [-0.39, 0.29) is 18.7 Å². The lowest BCUT2D eigenvalue weighted by Gasteiger charge is -2.15. The lowest BCUT2D eigenvalue weighted by molar-refractivity contribution is 0.161. The smallest absolute Gasteiger partial charge is 0.283 e. The average molecular weight is 334 g/mol. The van der Waals surface area contributed by atoms with Crippen LogP contribution in [0.4, 0.5) is 5.69 Å². The molecular formula is C12H20BrN3O3. The molecule has 0 saturated heterocycles. The molecule has 3 N–H and O–H groups in total. The Hall–Kier alpha value is -0.920. The van der Waals surface area contributed by atoms with Gasteiger partial charge in [0.25, 0.3) is 5.56 Å². The average Bonchev–Trinajstić information content (AvgIpc) is 2.33. The van der Waals surface area contributed by atoms with Crippen molar-refractivity contribution in [1.29, 1.82) is 0 Å². The lowest BCUT2D eigenvalue weighted by atomic mass is 10.1. The predicted octanol–water partition coefficient (Wildman–Crippen LogP) is 0.817. The second-order valence-corrected chi connectivity index (χ2v) is 5.58. The predicted molar refractivity (Wildman–Crippen MR) is 77.2 cm³/mol. The standard InChI is InChI=1S/C12H20BrN3O3/c1-8(2)5-9(18)6-14-10-7-15-16(3-4-17)12(19)11(10)13/h7-9,14,17-18H,3-6H2,1-2H3. The Balaban J connectivity index is 2.70. The van der Waals surface area contributed by atoms with Crippen molar-refractivity contribution in [3.63, 3.8) is 0 Å². The zero-order chi connectivity index (χ0) is 14.4. The molecule has 1 unspecified atom stereocenters. The molecule has 0 saturated carbocycles. The van der Waals surface area contributed by atoms with Crippen LogP contribution in [0.3, 0.4) is 0 Å². The third-order valence-electron chi connectivity index (χ3n) is 2.57. The second kappa shape index (κ2) is 7.62. The van der Waals surface area contributed by atoms with Gasteiger partial charge in [-0.05, 0) is 28.3 Å². The molecule has 7 heteroatoms. The van der Waals surface area contributed by atoms with Gasteiger partial charge < -0.3 is 15.5 Å². The van der Waals surface area contributed by atoms with Crippen LogP contribution in [0.25, 0.3) is 0 Å². The summed E-state index contributed by atoms with van der Waals surface area (Å²) in [7, 11) is 0. The maximum atomic E-state index is 11.8. The van der Waals surface area contributed by atoms with Crippen LogP contribution in [0, 0.1) is 5.92 Å². The van der Waals surface area contributed by atoms with Gasteiger partial charge in [-0.2, -0.15) is 5.10 Å². The highest BCUT2D eigenvalue weighted by atomic mass is 79.9. The molecule has 6 nitrogen and oxygen atoms in total. The van der Waals surface area contributed by atoms with Gasteiger partial charge in [0.2, 0.25) is 0 Å². The Morgan fingerprint density at radius 3 is 2.79 bits per heavy atom. The number of aromatic nitrogens is 2. The maximum Gasteiger partial charge on any atom is 0.283 e. The van der Waals surface area contributed by atoms with E-state index in [9.17, 15) is 9.90 Å². The molecule has 1 rings (SSSR count). The van der Waals surface area contributed by atoms with Crippen LogP contribution in [-0.2, 0) is 6.54 Å². The number of aliphatic hydroxyl groups excluding tert-OH is 2. The topological polar surface area (TPSA) is 87.4 Å². The molecule has 1 aromatic heterocycles. The molecule has 0 aromatic carbocycles. The summed E-state index contributed by atoms with van der Waals surface area (Å²) in [6.45, 7) is 4.46. The first-order chi connectivity index (χ1) is 8.95. The molecule has 0 aliphatic carbocycles. The first kappa shape index (κ1) is 16.1. The zero-order valence-corrected chi connectivity index (χ0v) is 12.7. The minimum absolute atomic E-state index is 0.140. The number of nitrogens with zero attached hydrogens (tertiary/aromatic N) is 2. The number of hydrogen-bond acceptors (Lipinski definition) is 5. The van der Waals surface area contributed by atoms with Gasteiger partial charge in [-0.1, -0.05) is 13.8 Å². The molecule has 0 amide bonds. The van der Waals surface area contributed by atoms with Crippen LogP contribution < -0.4 is 10.9 Å². The Kier molecular flexibility index (Phi) is 6.47. The van der Waals surface area contributed by atoms with Gasteiger partial charge in [-0.25, -0.2) is 4.68 Å². The molecule has 0 aliphatic rings. The highest BCUT2D eigenvalue weighted by Gasteiger charge is 2.11. The molecule has 0 spiro atoms. The van der Waals surface area contributed by atoms with Gasteiger partial charge in [-0.3, -0.25) is 4.79 Å². The Morgan fingerprint density at radius 2 is 2.21 bits per heavy atom. The number of aliphatic hydroxyl groups is 2. The summed E-state index contributed by atoms with van der Waals surface area (Å²) in [5.74, 6) is 0.413. The van der Waals surface area contributed by atoms with Gasteiger partial charge in [0, 0.05) is 6.54 Å². The highest BCUT2D eigenvalue weighted by molar-refractivity contribution is 9.10. The summed E-state index contributed by atoms with van der Waals surface area (Å²) >= 11 is 3.20. The number of rotatable bonds is 7. The summed E-state index contributed by atoms with van der Waals surface area (Å²) < 4.78 is 1.53. The summed E-state index contributed by atoms with van der Waals surface area (Å²) in [6.07, 6.45) is 1.73. The lowest BCUT2D eigenvalue weighted by Crippen LogP contribution is -2.27. The summed E-state index contributed by atoms with van der Waals surface area (Å²) in [5, 5.41) is 25.5. The van der Waals surface area contributed by atoms with Crippen molar-refractivity contribution in [2.45, 2.75) is 32.9 Å².